The Bertz CT molecular complexity index is 983. The Labute approximate surface area is 170 Å². The third kappa shape index (κ3) is 3.95. The summed E-state index contributed by atoms with van der Waals surface area (Å²) in [7, 11) is -3.72. The molecule has 0 bridgehead atoms. The number of oxazole rings is 1. The molecule has 0 aliphatic carbocycles. The van der Waals surface area contributed by atoms with E-state index >= 15 is 0 Å². The molecule has 0 unspecified atom stereocenters. The standard InChI is InChI=1S/C19H27N3O6S/c1-12-20-11-15(27-12)18(2,3)14-10-16(28-22-14)21-17(23)19(4,5)29(24,25)13-6-8-26-9-7-13/h10-11,13H,6-9H2,1-5H3,(H,21,23). The number of nitrogens with zero attached hydrogens (tertiary/aromatic N) is 2. The molecular formula is C19H27N3O6S. The van der Waals surface area contributed by atoms with E-state index in [1.807, 2.05) is 13.8 Å². The minimum absolute atomic E-state index is 0.0737. The number of aromatic nitrogens is 2. The Balaban J connectivity index is 1.77. The SMILES string of the molecule is Cc1ncc(C(C)(C)c2cc(NC(=O)C(C)(C)S(=O)(=O)C3CCOCC3)on2)o1. The van der Waals surface area contributed by atoms with Gasteiger partial charge in [0, 0.05) is 26.2 Å². The van der Waals surface area contributed by atoms with Crippen LogP contribution < -0.4 is 5.32 Å². The smallest absolute Gasteiger partial charge is 0.247 e. The molecule has 2 aromatic heterocycles. The molecule has 1 N–H and O–H groups in total. The average Bonchev–Trinajstić information content (AvgIpc) is 3.32. The van der Waals surface area contributed by atoms with Crippen LogP contribution in [0, 0.1) is 6.92 Å². The van der Waals surface area contributed by atoms with E-state index in [0.29, 0.717) is 43.4 Å². The molecular weight excluding hydrogens is 398 g/mol. The zero-order chi connectivity index (χ0) is 21.4. The number of hydrogen-bond acceptors (Lipinski definition) is 8. The highest BCUT2D eigenvalue weighted by atomic mass is 32.2. The van der Waals surface area contributed by atoms with Gasteiger partial charge in [0.15, 0.2) is 15.7 Å². The number of rotatable bonds is 6. The van der Waals surface area contributed by atoms with Gasteiger partial charge in [-0.1, -0.05) is 5.16 Å². The van der Waals surface area contributed by atoms with Crippen molar-refractivity contribution in [3.8, 4) is 0 Å². The summed E-state index contributed by atoms with van der Waals surface area (Å²) in [6.45, 7) is 9.09. The number of anilines is 1. The first-order valence-corrected chi connectivity index (χ1v) is 11.0. The topological polar surface area (TPSA) is 125 Å². The average molecular weight is 426 g/mol. The van der Waals surface area contributed by atoms with Gasteiger partial charge in [-0.15, -0.1) is 0 Å². The Hall–Kier alpha value is -2.20. The number of carbonyl (C=O) groups excluding carboxylic acids is 1. The van der Waals surface area contributed by atoms with Gasteiger partial charge in [0.2, 0.25) is 11.8 Å². The molecule has 29 heavy (non-hydrogen) atoms. The third-order valence-electron chi connectivity index (χ3n) is 5.49. The zero-order valence-electron chi connectivity index (χ0n) is 17.3. The number of carbonyl (C=O) groups is 1. The van der Waals surface area contributed by atoms with E-state index in [1.54, 1.807) is 19.2 Å². The van der Waals surface area contributed by atoms with Crippen LogP contribution in [-0.4, -0.2) is 47.7 Å². The van der Waals surface area contributed by atoms with Crippen LogP contribution in [0.25, 0.3) is 0 Å². The molecule has 1 fully saturated rings. The number of ether oxygens (including phenoxy) is 1. The quantitative estimate of drug-likeness (QED) is 0.749. The second kappa shape index (κ2) is 7.56. The van der Waals surface area contributed by atoms with Gasteiger partial charge in [-0.05, 0) is 40.5 Å². The van der Waals surface area contributed by atoms with Crippen LogP contribution in [0.2, 0.25) is 0 Å². The van der Waals surface area contributed by atoms with Crippen molar-refractivity contribution in [3.63, 3.8) is 0 Å². The summed E-state index contributed by atoms with van der Waals surface area (Å²) in [5.41, 5.74) is -0.119. The molecule has 160 valence electrons. The molecule has 10 heteroatoms. The summed E-state index contributed by atoms with van der Waals surface area (Å²) in [6.07, 6.45) is 2.39. The molecule has 0 radical (unpaired) electrons. The van der Waals surface area contributed by atoms with Gasteiger partial charge in [-0.25, -0.2) is 13.4 Å². The van der Waals surface area contributed by atoms with Crippen molar-refractivity contribution in [2.45, 2.75) is 62.9 Å². The molecule has 9 nitrogen and oxygen atoms in total. The minimum Gasteiger partial charge on any atom is -0.445 e. The van der Waals surface area contributed by atoms with Gasteiger partial charge in [0.05, 0.1) is 22.6 Å². The van der Waals surface area contributed by atoms with Crippen molar-refractivity contribution < 1.29 is 26.9 Å². The lowest BCUT2D eigenvalue weighted by Gasteiger charge is -2.30. The minimum atomic E-state index is -3.72. The van der Waals surface area contributed by atoms with Gasteiger partial charge >= 0.3 is 0 Å². The highest BCUT2D eigenvalue weighted by Crippen LogP contribution is 2.33. The number of hydrogen-bond donors (Lipinski definition) is 1. The monoisotopic (exact) mass is 425 g/mol. The fraction of sp³-hybridized carbons (Fsp3) is 0.632. The first kappa shape index (κ1) is 21.5. The van der Waals surface area contributed by atoms with Gasteiger partial charge in [-0.3, -0.25) is 10.1 Å². The second-order valence-electron chi connectivity index (χ2n) is 8.27. The predicted octanol–water partition coefficient (Wildman–Crippen LogP) is 2.61. The maximum Gasteiger partial charge on any atom is 0.247 e. The van der Waals surface area contributed by atoms with E-state index in [9.17, 15) is 13.2 Å². The fourth-order valence-electron chi connectivity index (χ4n) is 3.20. The van der Waals surface area contributed by atoms with Gasteiger partial charge in [0.1, 0.15) is 10.5 Å². The molecule has 0 saturated carbocycles. The molecule has 3 rings (SSSR count). The normalized spacial score (nSPS) is 16.7. The van der Waals surface area contributed by atoms with Crippen molar-refractivity contribution in [1.82, 2.24) is 10.1 Å². The molecule has 1 aliphatic rings. The van der Waals surface area contributed by atoms with Gasteiger partial charge < -0.3 is 13.7 Å². The van der Waals surface area contributed by atoms with E-state index in [2.05, 4.69) is 15.5 Å². The molecule has 0 spiro atoms. The van der Waals surface area contributed by atoms with Crippen LogP contribution in [0.15, 0.2) is 21.2 Å². The van der Waals surface area contributed by atoms with E-state index in [-0.39, 0.29) is 5.88 Å². The van der Waals surface area contributed by atoms with Crippen molar-refractivity contribution in [2.24, 2.45) is 0 Å². The number of aryl methyl sites for hydroxylation is 1. The predicted molar refractivity (Wildman–Crippen MR) is 105 cm³/mol. The molecule has 1 saturated heterocycles. The van der Waals surface area contributed by atoms with E-state index in [1.165, 1.54) is 13.8 Å². The van der Waals surface area contributed by atoms with Gasteiger partial charge in [0.25, 0.3) is 0 Å². The van der Waals surface area contributed by atoms with E-state index in [0.717, 1.165) is 0 Å². The molecule has 0 aromatic carbocycles. The lowest BCUT2D eigenvalue weighted by Crippen LogP contribution is -2.50. The maximum absolute atomic E-state index is 13.0. The third-order valence-corrected chi connectivity index (χ3v) is 8.45. The Morgan fingerprint density at radius 2 is 1.86 bits per heavy atom. The van der Waals surface area contributed by atoms with E-state index < -0.39 is 31.2 Å². The summed E-state index contributed by atoms with van der Waals surface area (Å²) in [5.74, 6) is 0.540. The molecule has 1 amide bonds. The highest BCUT2D eigenvalue weighted by molar-refractivity contribution is 7.94. The van der Waals surface area contributed by atoms with Crippen LogP contribution in [0.5, 0.6) is 0 Å². The lowest BCUT2D eigenvalue weighted by molar-refractivity contribution is -0.118. The van der Waals surface area contributed by atoms with Crippen LogP contribution in [0.4, 0.5) is 5.88 Å². The first-order valence-electron chi connectivity index (χ1n) is 9.49. The van der Waals surface area contributed by atoms with Crippen molar-refractivity contribution in [3.05, 3.63) is 29.6 Å². The summed E-state index contributed by atoms with van der Waals surface area (Å²) < 4.78 is 40.5. The Morgan fingerprint density at radius 3 is 2.45 bits per heavy atom. The highest BCUT2D eigenvalue weighted by Gasteiger charge is 2.47. The van der Waals surface area contributed by atoms with Crippen LogP contribution in [0.3, 0.4) is 0 Å². The maximum atomic E-state index is 13.0. The van der Waals surface area contributed by atoms with E-state index in [4.69, 9.17) is 13.7 Å². The number of nitrogens with one attached hydrogen (secondary N) is 1. The first-order chi connectivity index (χ1) is 13.5. The summed E-state index contributed by atoms with van der Waals surface area (Å²) >= 11 is 0. The molecule has 0 atom stereocenters. The van der Waals surface area contributed by atoms with Crippen molar-refractivity contribution >= 4 is 21.6 Å². The van der Waals surface area contributed by atoms with Crippen LogP contribution >= 0.6 is 0 Å². The lowest BCUT2D eigenvalue weighted by atomic mass is 9.87. The van der Waals surface area contributed by atoms with Gasteiger partial charge in [-0.2, -0.15) is 0 Å². The van der Waals surface area contributed by atoms with Crippen molar-refractivity contribution in [1.29, 1.82) is 0 Å². The van der Waals surface area contributed by atoms with Crippen LogP contribution in [-0.2, 0) is 24.8 Å². The number of sulfone groups is 1. The Morgan fingerprint density at radius 1 is 1.21 bits per heavy atom. The van der Waals surface area contributed by atoms with Crippen LogP contribution in [0.1, 0.15) is 57.9 Å². The molecule has 2 aromatic rings. The van der Waals surface area contributed by atoms with Crippen molar-refractivity contribution in [2.75, 3.05) is 18.5 Å². The fourth-order valence-corrected chi connectivity index (χ4v) is 5.16. The molecule has 1 aliphatic heterocycles. The number of amides is 1. The zero-order valence-corrected chi connectivity index (χ0v) is 18.1. The second-order valence-corrected chi connectivity index (χ2v) is 11.0. The Kier molecular flexibility index (Phi) is 5.61. The summed E-state index contributed by atoms with van der Waals surface area (Å²) in [5, 5.41) is 5.97. The summed E-state index contributed by atoms with van der Waals surface area (Å²) in [6, 6.07) is 1.56. The molecule has 3 heterocycles. The summed E-state index contributed by atoms with van der Waals surface area (Å²) in [4.78, 5) is 16.9. The largest absolute Gasteiger partial charge is 0.445 e.